The zero-order chi connectivity index (χ0) is 12.3. The zero-order valence-electron chi connectivity index (χ0n) is 10.1. The third kappa shape index (κ3) is 3.46. The van der Waals surface area contributed by atoms with Crippen LogP contribution in [0.5, 0.6) is 0 Å². The van der Waals surface area contributed by atoms with Crippen LogP contribution in [0.1, 0.15) is 32.1 Å². The van der Waals surface area contributed by atoms with Crippen molar-refractivity contribution in [3.05, 3.63) is 24.3 Å². The highest BCUT2D eigenvalue weighted by Crippen LogP contribution is 2.23. The number of rotatable bonds is 3. The molecule has 1 aliphatic carbocycles. The zero-order valence-corrected chi connectivity index (χ0v) is 11.0. The average molecular weight is 253 g/mol. The molecule has 0 heterocycles. The second-order valence-electron chi connectivity index (χ2n) is 4.78. The molecule has 1 aromatic rings. The van der Waals surface area contributed by atoms with Crippen LogP contribution < -0.4 is 5.32 Å². The number of sulfone groups is 1. The molecule has 0 saturated heterocycles. The van der Waals surface area contributed by atoms with Crippen LogP contribution in [0.15, 0.2) is 29.2 Å². The molecule has 0 spiro atoms. The molecule has 3 nitrogen and oxygen atoms in total. The maximum absolute atomic E-state index is 11.4. The van der Waals surface area contributed by atoms with Crippen molar-refractivity contribution in [3.63, 3.8) is 0 Å². The molecule has 0 aliphatic heterocycles. The molecule has 17 heavy (non-hydrogen) atoms. The van der Waals surface area contributed by atoms with E-state index in [9.17, 15) is 8.42 Å². The van der Waals surface area contributed by atoms with Crippen molar-refractivity contribution in [1.82, 2.24) is 0 Å². The summed E-state index contributed by atoms with van der Waals surface area (Å²) in [7, 11) is -3.11. The monoisotopic (exact) mass is 253 g/mol. The van der Waals surface area contributed by atoms with Crippen molar-refractivity contribution in [1.29, 1.82) is 0 Å². The fourth-order valence-corrected chi connectivity index (χ4v) is 2.97. The van der Waals surface area contributed by atoms with Gasteiger partial charge in [0.05, 0.1) is 4.90 Å². The van der Waals surface area contributed by atoms with Gasteiger partial charge in [0.25, 0.3) is 0 Å². The van der Waals surface area contributed by atoms with Gasteiger partial charge in [0.1, 0.15) is 0 Å². The molecule has 0 bridgehead atoms. The lowest BCUT2D eigenvalue weighted by Crippen LogP contribution is -2.22. The third-order valence-electron chi connectivity index (χ3n) is 3.24. The summed E-state index contributed by atoms with van der Waals surface area (Å²) in [6, 6.07) is 7.59. The highest BCUT2D eigenvalue weighted by molar-refractivity contribution is 7.90. The molecule has 4 heteroatoms. The molecule has 0 radical (unpaired) electrons. The highest BCUT2D eigenvalue weighted by Gasteiger charge is 2.14. The van der Waals surface area contributed by atoms with Gasteiger partial charge >= 0.3 is 0 Å². The standard InChI is InChI=1S/C13H19NO2S/c1-17(15,16)13-9-5-8-12(10-13)14-11-6-3-2-4-7-11/h5,8-11,14H,2-4,6-7H2,1H3. The van der Waals surface area contributed by atoms with Gasteiger partial charge in [0.2, 0.25) is 0 Å². The Hall–Kier alpha value is -1.03. The van der Waals surface area contributed by atoms with E-state index >= 15 is 0 Å². The number of benzene rings is 1. The van der Waals surface area contributed by atoms with Crippen molar-refractivity contribution in [2.45, 2.75) is 43.0 Å². The van der Waals surface area contributed by atoms with Gasteiger partial charge in [0.15, 0.2) is 9.84 Å². The van der Waals surface area contributed by atoms with Crippen molar-refractivity contribution < 1.29 is 8.42 Å². The summed E-state index contributed by atoms with van der Waals surface area (Å²) in [5, 5.41) is 3.43. The molecule has 1 aliphatic rings. The molecule has 0 atom stereocenters. The lowest BCUT2D eigenvalue weighted by Gasteiger charge is -2.24. The smallest absolute Gasteiger partial charge is 0.175 e. The average Bonchev–Trinajstić information content (AvgIpc) is 2.29. The number of anilines is 1. The van der Waals surface area contributed by atoms with E-state index in [1.807, 2.05) is 6.07 Å². The quantitative estimate of drug-likeness (QED) is 0.901. The van der Waals surface area contributed by atoms with Crippen LogP contribution in [0.25, 0.3) is 0 Å². The van der Waals surface area contributed by atoms with Crippen LogP contribution in [-0.2, 0) is 9.84 Å². The van der Waals surface area contributed by atoms with E-state index in [4.69, 9.17) is 0 Å². The van der Waals surface area contributed by atoms with Crippen LogP contribution >= 0.6 is 0 Å². The second-order valence-corrected chi connectivity index (χ2v) is 6.80. The summed E-state index contributed by atoms with van der Waals surface area (Å²) in [6.07, 6.45) is 7.47. The fraction of sp³-hybridized carbons (Fsp3) is 0.538. The van der Waals surface area contributed by atoms with Gasteiger partial charge < -0.3 is 5.32 Å². The Bertz CT molecular complexity index is 476. The molecule has 1 aromatic carbocycles. The molecular formula is C13H19NO2S. The van der Waals surface area contributed by atoms with Gasteiger partial charge in [-0.2, -0.15) is 0 Å². The summed E-state index contributed by atoms with van der Waals surface area (Å²) in [6.45, 7) is 0. The van der Waals surface area contributed by atoms with E-state index < -0.39 is 9.84 Å². The molecule has 1 saturated carbocycles. The SMILES string of the molecule is CS(=O)(=O)c1cccc(NC2CCCCC2)c1. The first-order valence-electron chi connectivity index (χ1n) is 6.12. The van der Waals surface area contributed by atoms with Crippen LogP contribution in [-0.4, -0.2) is 20.7 Å². The van der Waals surface area contributed by atoms with Gasteiger partial charge in [0, 0.05) is 18.0 Å². The van der Waals surface area contributed by atoms with Gasteiger partial charge in [-0.3, -0.25) is 0 Å². The van der Waals surface area contributed by atoms with E-state index in [1.165, 1.54) is 38.4 Å². The van der Waals surface area contributed by atoms with Gasteiger partial charge in [-0.05, 0) is 31.0 Å². The maximum Gasteiger partial charge on any atom is 0.175 e. The molecule has 0 aromatic heterocycles. The van der Waals surface area contributed by atoms with Crippen molar-refractivity contribution in [2.75, 3.05) is 11.6 Å². The van der Waals surface area contributed by atoms with E-state index in [0.717, 1.165) is 5.69 Å². The number of hydrogen-bond donors (Lipinski definition) is 1. The lowest BCUT2D eigenvalue weighted by molar-refractivity contribution is 0.462. The Labute approximate surface area is 103 Å². The van der Waals surface area contributed by atoms with Gasteiger partial charge in [-0.1, -0.05) is 25.3 Å². The Balaban J connectivity index is 2.11. The molecule has 1 N–H and O–H groups in total. The van der Waals surface area contributed by atoms with Crippen LogP contribution in [0, 0.1) is 0 Å². The molecule has 2 rings (SSSR count). The van der Waals surface area contributed by atoms with E-state index in [-0.39, 0.29) is 0 Å². The number of hydrogen-bond acceptors (Lipinski definition) is 3. The van der Waals surface area contributed by atoms with Crippen molar-refractivity contribution >= 4 is 15.5 Å². The molecule has 1 fully saturated rings. The molecule has 94 valence electrons. The fourth-order valence-electron chi connectivity index (χ4n) is 2.30. The molecular weight excluding hydrogens is 234 g/mol. The highest BCUT2D eigenvalue weighted by atomic mass is 32.2. The molecule has 0 amide bonds. The lowest BCUT2D eigenvalue weighted by atomic mass is 9.95. The second kappa shape index (κ2) is 5.08. The predicted molar refractivity (Wildman–Crippen MR) is 70.0 cm³/mol. The topological polar surface area (TPSA) is 46.2 Å². The minimum absolute atomic E-state index is 0.387. The Kier molecular flexibility index (Phi) is 3.72. The van der Waals surface area contributed by atoms with E-state index in [0.29, 0.717) is 10.9 Å². The van der Waals surface area contributed by atoms with Crippen LogP contribution in [0.3, 0.4) is 0 Å². The Morgan fingerprint density at radius 2 is 1.88 bits per heavy atom. The predicted octanol–water partition coefficient (Wildman–Crippen LogP) is 2.83. The maximum atomic E-state index is 11.4. The van der Waals surface area contributed by atoms with Gasteiger partial charge in [-0.15, -0.1) is 0 Å². The van der Waals surface area contributed by atoms with Crippen molar-refractivity contribution in [2.24, 2.45) is 0 Å². The van der Waals surface area contributed by atoms with Gasteiger partial charge in [-0.25, -0.2) is 8.42 Å². The first-order chi connectivity index (χ1) is 8.05. The van der Waals surface area contributed by atoms with Crippen LogP contribution in [0.2, 0.25) is 0 Å². The summed E-state index contributed by atoms with van der Waals surface area (Å²) < 4.78 is 22.9. The van der Waals surface area contributed by atoms with E-state index in [1.54, 1.807) is 18.2 Å². The number of nitrogens with one attached hydrogen (secondary N) is 1. The Morgan fingerprint density at radius 1 is 1.18 bits per heavy atom. The Morgan fingerprint density at radius 3 is 2.53 bits per heavy atom. The minimum Gasteiger partial charge on any atom is -0.382 e. The first kappa shape index (κ1) is 12.4. The van der Waals surface area contributed by atoms with E-state index in [2.05, 4.69) is 5.32 Å². The third-order valence-corrected chi connectivity index (χ3v) is 4.35. The molecule has 0 unspecified atom stereocenters. The normalized spacial score (nSPS) is 17.9. The first-order valence-corrected chi connectivity index (χ1v) is 8.01. The summed E-state index contributed by atoms with van der Waals surface area (Å²) in [5.41, 5.74) is 0.917. The van der Waals surface area contributed by atoms with Crippen molar-refractivity contribution in [3.8, 4) is 0 Å². The summed E-state index contributed by atoms with van der Waals surface area (Å²) >= 11 is 0. The largest absolute Gasteiger partial charge is 0.382 e. The summed E-state index contributed by atoms with van der Waals surface area (Å²) in [4.78, 5) is 0.387. The summed E-state index contributed by atoms with van der Waals surface area (Å²) in [5.74, 6) is 0. The minimum atomic E-state index is -3.11. The van der Waals surface area contributed by atoms with Crippen LogP contribution in [0.4, 0.5) is 5.69 Å².